The molecule has 0 radical (unpaired) electrons. The molecule has 0 aliphatic rings. The van der Waals surface area contributed by atoms with Crippen LogP contribution < -0.4 is 0 Å². The Morgan fingerprint density at radius 1 is 0.309 bits per heavy atom. The summed E-state index contributed by atoms with van der Waals surface area (Å²) < 4.78 is 2.27. The highest BCUT2D eigenvalue weighted by molar-refractivity contribution is 6.30. The van der Waals surface area contributed by atoms with E-state index in [4.69, 9.17) is 4.98 Å². The molecule has 0 aliphatic carbocycles. The molecular formula is C53H34N2. The van der Waals surface area contributed by atoms with Gasteiger partial charge in [0.05, 0.1) is 11.0 Å². The molecule has 0 bridgehead atoms. The normalized spacial score (nSPS) is 11.6. The Morgan fingerprint density at radius 2 is 0.782 bits per heavy atom. The largest absolute Gasteiger partial charge is 0.292 e. The van der Waals surface area contributed by atoms with Gasteiger partial charge in [0, 0.05) is 11.3 Å². The first kappa shape index (κ1) is 31.3. The minimum absolute atomic E-state index is 0.931. The van der Waals surface area contributed by atoms with E-state index in [0.717, 1.165) is 39.2 Å². The maximum Gasteiger partial charge on any atom is 0.145 e. The first-order valence-corrected chi connectivity index (χ1v) is 18.9. The smallest absolute Gasteiger partial charge is 0.145 e. The summed E-state index contributed by atoms with van der Waals surface area (Å²) in [7, 11) is 0. The summed E-state index contributed by atoms with van der Waals surface area (Å²) in [5.74, 6) is 0.931. The van der Waals surface area contributed by atoms with Crippen molar-refractivity contribution in [1.29, 1.82) is 0 Å². The van der Waals surface area contributed by atoms with Crippen LogP contribution in [0.15, 0.2) is 206 Å². The Kier molecular flexibility index (Phi) is 7.21. The molecule has 10 aromatic carbocycles. The van der Waals surface area contributed by atoms with Gasteiger partial charge in [-0.25, -0.2) is 4.98 Å². The molecule has 11 aromatic rings. The lowest BCUT2D eigenvalue weighted by molar-refractivity contribution is 1.10. The SMILES string of the molecule is c1ccc(-c2nc3cc(-c4ccc5c6ccccc6c6ccccc6c6ccccc6c6c7ccccc7ccc6c5c4)ccc3n2-c2ccccc2)cc1. The van der Waals surface area contributed by atoms with Crippen LogP contribution in [-0.2, 0) is 0 Å². The summed E-state index contributed by atoms with van der Waals surface area (Å²) in [4.78, 5) is 5.29. The minimum atomic E-state index is 0.931. The topological polar surface area (TPSA) is 17.8 Å². The molecule has 0 amide bonds. The molecular weight excluding hydrogens is 665 g/mol. The fourth-order valence-electron chi connectivity index (χ4n) is 8.69. The van der Waals surface area contributed by atoms with Gasteiger partial charge >= 0.3 is 0 Å². The summed E-state index contributed by atoms with van der Waals surface area (Å²) in [5.41, 5.74) is 6.50. The van der Waals surface area contributed by atoms with Crippen LogP contribution in [-0.4, -0.2) is 9.55 Å². The van der Waals surface area contributed by atoms with E-state index in [-0.39, 0.29) is 0 Å². The highest BCUT2D eigenvalue weighted by Crippen LogP contribution is 2.40. The third-order valence-corrected chi connectivity index (χ3v) is 11.2. The number of para-hydroxylation sites is 1. The maximum absolute atomic E-state index is 5.29. The third kappa shape index (κ3) is 5.07. The van der Waals surface area contributed by atoms with Crippen molar-refractivity contribution in [3.63, 3.8) is 0 Å². The van der Waals surface area contributed by atoms with Gasteiger partial charge in [-0.05, 0) is 106 Å². The van der Waals surface area contributed by atoms with E-state index in [2.05, 4.69) is 211 Å². The van der Waals surface area contributed by atoms with Crippen LogP contribution >= 0.6 is 0 Å². The maximum atomic E-state index is 5.29. The molecule has 0 spiro atoms. The zero-order chi connectivity index (χ0) is 36.3. The van der Waals surface area contributed by atoms with Crippen molar-refractivity contribution >= 4 is 75.7 Å². The van der Waals surface area contributed by atoms with Crippen LogP contribution in [0.5, 0.6) is 0 Å². The highest BCUT2D eigenvalue weighted by atomic mass is 15.1. The number of benzene rings is 9. The summed E-state index contributed by atoms with van der Waals surface area (Å²) in [6.45, 7) is 0. The molecule has 55 heavy (non-hydrogen) atoms. The lowest BCUT2D eigenvalue weighted by Crippen LogP contribution is -1.97. The first-order valence-electron chi connectivity index (χ1n) is 18.9. The van der Waals surface area contributed by atoms with Crippen LogP contribution in [0, 0.1) is 0 Å². The predicted octanol–water partition coefficient (Wildman–Crippen LogP) is 14.4. The van der Waals surface area contributed by atoms with E-state index in [1.54, 1.807) is 0 Å². The van der Waals surface area contributed by atoms with E-state index in [9.17, 15) is 0 Å². The molecule has 2 nitrogen and oxygen atoms in total. The molecule has 11 rings (SSSR count). The molecule has 256 valence electrons. The van der Waals surface area contributed by atoms with Gasteiger partial charge < -0.3 is 0 Å². The number of nitrogens with zero attached hydrogens (tertiary/aromatic N) is 2. The zero-order valence-electron chi connectivity index (χ0n) is 30.0. The summed E-state index contributed by atoms with van der Waals surface area (Å²) >= 11 is 0. The molecule has 0 unspecified atom stereocenters. The van der Waals surface area contributed by atoms with Gasteiger partial charge in [-0.2, -0.15) is 0 Å². The Labute approximate surface area is 318 Å². The van der Waals surface area contributed by atoms with Gasteiger partial charge in [0.15, 0.2) is 0 Å². The van der Waals surface area contributed by atoms with Crippen LogP contribution in [0.3, 0.4) is 0 Å². The van der Waals surface area contributed by atoms with Crippen LogP contribution in [0.2, 0.25) is 0 Å². The molecule has 0 fully saturated rings. The van der Waals surface area contributed by atoms with E-state index < -0.39 is 0 Å². The molecule has 2 heteroatoms. The number of hydrogen-bond donors (Lipinski definition) is 0. The van der Waals surface area contributed by atoms with E-state index in [1.165, 1.54) is 64.6 Å². The van der Waals surface area contributed by atoms with Gasteiger partial charge in [-0.15, -0.1) is 0 Å². The Bertz CT molecular complexity index is 3360. The summed E-state index contributed by atoms with van der Waals surface area (Å²) in [6.07, 6.45) is 0. The molecule has 1 aromatic heterocycles. The van der Waals surface area contributed by atoms with Gasteiger partial charge in [0.2, 0.25) is 0 Å². The summed E-state index contributed by atoms with van der Waals surface area (Å²) in [5, 5.41) is 14.8. The quantitative estimate of drug-likeness (QED) is 0.180. The lowest BCUT2D eigenvalue weighted by atomic mass is 9.91. The number of hydrogen-bond acceptors (Lipinski definition) is 1. The Morgan fingerprint density at radius 3 is 1.45 bits per heavy atom. The second kappa shape index (κ2) is 12.7. The fourth-order valence-corrected chi connectivity index (χ4v) is 8.69. The van der Waals surface area contributed by atoms with Crippen molar-refractivity contribution < 1.29 is 0 Å². The standard InChI is InChI=1S/C53H34N2/c1-3-16-36(17-4-1)53-54-50-34-38(29-32-51(50)55(53)39-18-5-2-6-19-39)37-28-30-46-44-24-12-10-22-42(44)41-21-9-11-23-43(41)45-25-13-14-26-47(45)52-40-20-8-7-15-35(40)27-31-48(52)49(46)33-37/h1-34H. The van der Waals surface area contributed by atoms with Gasteiger partial charge in [-0.1, -0.05) is 176 Å². The molecule has 0 aliphatic heterocycles. The van der Waals surface area contributed by atoms with Crippen molar-refractivity contribution in [2.75, 3.05) is 0 Å². The zero-order valence-corrected chi connectivity index (χ0v) is 30.0. The van der Waals surface area contributed by atoms with Crippen molar-refractivity contribution in [2.24, 2.45) is 0 Å². The monoisotopic (exact) mass is 698 g/mol. The summed E-state index contributed by atoms with van der Waals surface area (Å²) in [6, 6.07) is 74.9. The van der Waals surface area contributed by atoms with Crippen molar-refractivity contribution in [3.8, 4) is 28.2 Å². The van der Waals surface area contributed by atoms with Crippen molar-refractivity contribution in [2.45, 2.75) is 0 Å². The highest BCUT2D eigenvalue weighted by Gasteiger charge is 2.16. The number of fused-ring (bicyclic) bond motifs is 13. The average Bonchev–Trinajstić information content (AvgIpc) is 3.65. The van der Waals surface area contributed by atoms with Crippen molar-refractivity contribution in [3.05, 3.63) is 206 Å². The molecule has 0 saturated heterocycles. The average molecular weight is 699 g/mol. The first-order chi connectivity index (χ1) is 27.3. The fraction of sp³-hybridized carbons (Fsp3) is 0. The number of imidazole rings is 1. The molecule has 0 saturated carbocycles. The lowest BCUT2D eigenvalue weighted by Gasteiger charge is -2.13. The Balaban J connectivity index is 1.28. The number of aromatic nitrogens is 2. The van der Waals surface area contributed by atoms with E-state index in [1.807, 2.05) is 0 Å². The second-order valence-electron chi connectivity index (χ2n) is 14.3. The van der Waals surface area contributed by atoms with E-state index in [0.29, 0.717) is 0 Å². The van der Waals surface area contributed by atoms with Gasteiger partial charge in [0.1, 0.15) is 5.82 Å². The van der Waals surface area contributed by atoms with E-state index >= 15 is 0 Å². The van der Waals surface area contributed by atoms with Crippen LogP contribution in [0.25, 0.3) is 104 Å². The Hall–Kier alpha value is -7.29. The van der Waals surface area contributed by atoms with Crippen LogP contribution in [0.1, 0.15) is 0 Å². The minimum Gasteiger partial charge on any atom is -0.292 e. The van der Waals surface area contributed by atoms with Gasteiger partial charge in [0.25, 0.3) is 0 Å². The molecule has 1 heterocycles. The van der Waals surface area contributed by atoms with Gasteiger partial charge in [-0.3, -0.25) is 4.57 Å². The third-order valence-electron chi connectivity index (χ3n) is 11.2. The van der Waals surface area contributed by atoms with Crippen LogP contribution in [0.4, 0.5) is 0 Å². The molecule has 0 atom stereocenters. The molecule has 0 N–H and O–H groups in total. The number of rotatable bonds is 3. The van der Waals surface area contributed by atoms with Crippen molar-refractivity contribution in [1.82, 2.24) is 9.55 Å². The second-order valence-corrected chi connectivity index (χ2v) is 14.3. The predicted molar refractivity (Wildman–Crippen MR) is 235 cm³/mol.